The Morgan fingerprint density at radius 2 is 1.34 bits per heavy atom. The van der Waals surface area contributed by atoms with E-state index in [0.717, 1.165) is 28.3 Å². The van der Waals surface area contributed by atoms with E-state index < -0.39 is 24.2 Å². The minimum Gasteiger partial charge on any atom is -0.351 e. The number of amides is 4. The molecule has 2 N–H and O–H groups in total. The maximum absolute atomic E-state index is 14.1. The SMILES string of the molecule is O=C1C[C@H](Cc2ccccc2)NC(=O)[C@@H]2CCCN2C(=O)[C@@H]2CCCN2C(=O)[C@H](Cc2ccc3ccccc3c2)N1. The third kappa shape index (κ3) is 5.82. The molecule has 4 atom stereocenters. The van der Waals surface area contributed by atoms with Crippen LogP contribution in [0.5, 0.6) is 0 Å². The summed E-state index contributed by atoms with van der Waals surface area (Å²) in [6, 6.07) is 21.3. The van der Waals surface area contributed by atoms with Crippen molar-refractivity contribution in [3.8, 4) is 0 Å². The van der Waals surface area contributed by atoms with Crippen LogP contribution in [0.25, 0.3) is 10.8 Å². The molecule has 8 nitrogen and oxygen atoms in total. The van der Waals surface area contributed by atoms with Crippen molar-refractivity contribution in [1.82, 2.24) is 20.4 Å². The van der Waals surface area contributed by atoms with Crippen molar-refractivity contribution < 1.29 is 19.2 Å². The number of benzene rings is 3. The van der Waals surface area contributed by atoms with Crippen LogP contribution in [-0.2, 0) is 32.0 Å². The van der Waals surface area contributed by atoms with Crippen molar-refractivity contribution in [3.05, 3.63) is 83.9 Å². The van der Waals surface area contributed by atoms with E-state index in [0.29, 0.717) is 45.2 Å². The summed E-state index contributed by atoms with van der Waals surface area (Å²) < 4.78 is 0. The third-order valence-corrected chi connectivity index (χ3v) is 8.65. The van der Waals surface area contributed by atoms with Gasteiger partial charge in [0.05, 0.1) is 0 Å². The lowest BCUT2D eigenvalue weighted by Crippen LogP contribution is -2.56. The maximum atomic E-state index is 14.1. The molecule has 3 fully saturated rings. The van der Waals surface area contributed by atoms with Gasteiger partial charge in [0.15, 0.2) is 0 Å². The number of carbonyl (C=O) groups is 4. The lowest BCUT2D eigenvalue weighted by Gasteiger charge is -2.32. The fraction of sp³-hybridized carbons (Fsp3) is 0.394. The molecule has 0 aromatic heterocycles. The first kappa shape index (κ1) is 27.0. The van der Waals surface area contributed by atoms with Gasteiger partial charge in [-0.25, -0.2) is 0 Å². The molecular formula is C33H36N4O4. The second-order valence-electron chi connectivity index (χ2n) is 11.5. The molecule has 3 aliphatic heterocycles. The predicted octanol–water partition coefficient (Wildman–Crippen LogP) is 2.98. The molecular weight excluding hydrogens is 516 g/mol. The summed E-state index contributed by atoms with van der Waals surface area (Å²) in [6.45, 7) is 0.956. The number of nitrogens with zero attached hydrogens (tertiary/aromatic N) is 2. The van der Waals surface area contributed by atoms with Crippen LogP contribution in [0.3, 0.4) is 0 Å². The fourth-order valence-electron chi connectivity index (χ4n) is 6.63. The van der Waals surface area contributed by atoms with Gasteiger partial charge in [-0.15, -0.1) is 0 Å². The summed E-state index contributed by atoms with van der Waals surface area (Å²) in [6.07, 6.45) is 3.40. The third-order valence-electron chi connectivity index (χ3n) is 8.65. The van der Waals surface area contributed by atoms with E-state index in [4.69, 9.17) is 0 Å². The van der Waals surface area contributed by atoms with Crippen LogP contribution in [0.15, 0.2) is 72.8 Å². The zero-order valence-electron chi connectivity index (χ0n) is 23.1. The summed E-state index contributed by atoms with van der Waals surface area (Å²) in [4.78, 5) is 58.2. The van der Waals surface area contributed by atoms with Crippen LogP contribution in [0.1, 0.15) is 43.2 Å². The Kier molecular flexibility index (Phi) is 7.72. The minimum atomic E-state index is -0.819. The molecule has 3 heterocycles. The van der Waals surface area contributed by atoms with E-state index in [9.17, 15) is 19.2 Å². The predicted molar refractivity (Wildman–Crippen MR) is 156 cm³/mol. The van der Waals surface area contributed by atoms with Crippen molar-refractivity contribution in [2.24, 2.45) is 0 Å². The number of hydrogen-bond donors (Lipinski definition) is 2. The monoisotopic (exact) mass is 552 g/mol. The average molecular weight is 553 g/mol. The van der Waals surface area contributed by atoms with Crippen LogP contribution in [0.4, 0.5) is 0 Å². The minimum absolute atomic E-state index is 0.0340. The second kappa shape index (κ2) is 11.7. The number of rotatable bonds is 4. The first-order chi connectivity index (χ1) is 20.0. The van der Waals surface area contributed by atoms with E-state index in [1.807, 2.05) is 66.7 Å². The highest BCUT2D eigenvalue weighted by atomic mass is 16.2. The summed E-state index contributed by atoms with van der Waals surface area (Å²) in [5.74, 6) is -0.929. The molecule has 0 spiro atoms. The summed E-state index contributed by atoms with van der Waals surface area (Å²) >= 11 is 0. The normalized spacial score (nSPS) is 25.6. The molecule has 3 aromatic carbocycles. The molecule has 0 bridgehead atoms. The number of hydrogen-bond acceptors (Lipinski definition) is 4. The molecule has 0 radical (unpaired) electrons. The largest absolute Gasteiger partial charge is 0.351 e. The van der Waals surface area contributed by atoms with Gasteiger partial charge >= 0.3 is 0 Å². The quantitative estimate of drug-likeness (QED) is 0.520. The van der Waals surface area contributed by atoms with Crippen LogP contribution >= 0.6 is 0 Å². The Labute approximate surface area is 240 Å². The Hall–Kier alpha value is -4.20. The number of nitrogens with one attached hydrogen (secondary N) is 2. The average Bonchev–Trinajstić information content (AvgIpc) is 3.67. The summed E-state index contributed by atoms with van der Waals surface area (Å²) in [5.41, 5.74) is 1.93. The highest BCUT2D eigenvalue weighted by molar-refractivity contribution is 5.96. The topological polar surface area (TPSA) is 98.8 Å². The second-order valence-corrected chi connectivity index (χ2v) is 11.5. The van der Waals surface area contributed by atoms with Gasteiger partial charge in [0, 0.05) is 32.0 Å². The van der Waals surface area contributed by atoms with Crippen LogP contribution in [-0.4, -0.2) is 70.7 Å². The Balaban J connectivity index is 1.33. The summed E-state index contributed by atoms with van der Waals surface area (Å²) in [7, 11) is 0. The van der Waals surface area contributed by atoms with E-state index in [-0.39, 0.29) is 30.0 Å². The standard InChI is InChI=1S/C33H36N4O4/c38-30-21-26(19-22-8-2-1-3-9-22)34-31(39)28-12-6-16-36(28)33(41)29-13-7-17-37(29)32(40)27(35-30)20-23-14-15-24-10-4-5-11-25(24)18-23/h1-5,8-11,14-15,18,26-29H,6-7,12-13,16-17,19-21H2,(H,34,39)(H,35,38)/t26-,27-,28-,29-/m0/s1. The summed E-state index contributed by atoms with van der Waals surface area (Å²) in [5, 5.41) is 8.26. The molecule has 212 valence electrons. The smallest absolute Gasteiger partial charge is 0.246 e. The van der Waals surface area contributed by atoms with Gasteiger partial charge in [-0.3, -0.25) is 19.2 Å². The zero-order chi connectivity index (χ0) is 28.3. The highest BCUT2D eigenvalue weighted by Gasteiger charge is 2.44. The number of fused-ring (bicyclic) bond motifs is 3. The number of carbonyl (C=O) groups excluding carboxylic acids is 4. The van der Waals surface area contributed by atoms with Gasteiger partial charge in [-0.1, -0.05) is 72.8 Å². The van der Waals surface area contributed by atoms with Crippen LogP contribution in [0.2, 0.25) is 0 Å². The van der Waals surface area contributed by atoms with Crippen molar-refractivity contribution >= 4 is 34.4 Å². The maximum Gasteiger partial charge on any atom is 0.246 e. The van der Waals surface area contributed by atoms with Gasteiger partial charge < -0.3 is 20.4 Å². The molecule has 6 rings (SSSR count). The van der Waals surface area contributed by atoms with Gasteiger partial charge in [0.1, 0.15) is 18.1 Å². The van der Waals surface area contributed by atoms with Gasteiger partial charge in [-0.05, 0) is 54.0 Å². The Morgan fingerprint density at radius 3 is 2.12 bits per heavy atom. The van der Waals surface area contributed by atoms with E-state index >= 15 is 0 Å². The molecule has 8 heteroatoms. The molecule has 0 unspecified atom stereocenters. The highest BCUT2D eigenvalue weighted by Crippen LogP contribution is 2.27. The molecule has 41 heavy (non-hydrogen) atoms. The fourth-order valence-corrected chi connectivity index (χ4v) is 6.63. The van der Waals surface area contributed by atoms with E-state index in [1.165, 1.54) is 0 Å². The van der Waals surface area contributed by atoms with Crippen molar-refractivity contribution in [3.63, 3.8) is 0 Å². The lowest BCUT2D eigenvalue weighted by molar-refractivity contribution is -0.147. The molecule has 3 saturated heterocycles. The van der Waals surface area contributed by atoms with Gasteiger partial charge in [0.25, 0.3) is 0 Å². The Bertz CT molecular complexity index is 1460. The van der Waals surface area contributed by atoms with E-state index in [1.54, 1.807) is 9.80 Å². The van der Waals surface area contributed by atoms with E-state index in [2.05, 4.69) is 16.7 Å². The lowest BCUT2D eigenvalue weighted by atomic mass is 9.99. The first-order valence-electron chi connectivity index (χ1n) is 14.7. The Morgan fingerprint density at radius 1 is 0.659 bits per heavy atom. The molecule has 3 aliphatic rings. The molecule has 3 aromatic rings. The van der Waals surface area contributed by atoms with Gasteiger partial charge in [0.2, 0.25) is 23.6 Å². The molecule has 4 amide bonds. The van der Waals surface area contributed by atoms with Crippen LogP contribution < -0.4 is 10.6 Å². The van der Waals surface area contributed by atoms with Crippen molar-refractivity contribution in [2.45, 2.75) is 69.1 Å². The van der Waals surface area contributed by atoms with Crippen molar-refractivity contribution in [1.29, 1.82) is 0 Å². The first-order valence-corrected chi connectivity index (χ1v) is 14.7. The molecule has 0 aliphatic carbocycles. The molecule has 0 saturated carbocycles. The zero-order valence-corrected chi connectivity index (χ0v) is 23.1. The van der Waals surface area contributed by atoms with Crippen molar-refractivity contribution in [2.75, 3.05) is 13.1 Å². The van der Waals surface area contributed by atoms with Crippen LogP contribution in [0, 0.1) is 0 Å². The van der Waals surface area contributed by atoms with Gasteiger partial charge in [-0.2, -0.15) is 0 Å².